The van der Waals surface area contributed by atoms with Crippen LogP contribution in [0, 0.1) is 6.92 Å². The minimum Gasteiger partial charge on any atom is -0.444 e. The summed E-state index contributed by atoms with van der Waals surface area (Å²) >= 11 is 0. The summed E-state index contributed by atoms with van der Waals surface area (Å²) in [5, 5.41) is 4.32. The highest BCUT2D eigenvalue weighted by atomic mass is 16.6. The first-order valence-corrected chi connectivity index (χ1v) is 11.1. The summed E-state index contributed by atoms with van der Waals surface area (Å²) in [4.78, 5) is 26.2. The molecule has 0 fully saturated rings. The Morgan fingerprint density at radius 3 is 2.62 bits per heavy atom. The van der Waals surface area contributed by atoms with Crippen LogP contribution in [0.5, 0.6) is 0 Å². The van der Waals surface area contributed by atoms with Crippen molar-refractivity contribution in [1.29, 1.82) is 0 Å². The fraction of sp³-hybridized carbons (Fsp3) is 0.400. The van der Waals surface area contributed by atoms with E-state index in [1.807, 2.05) is 46.8 Å². The van der Waals surface area contributed by atoms with Crippen molar-refractivity contribution >= 4 is 34.2 Å². The van der Waals surface area contributed by atoms with Crippen molar-refractivity contribution in [2.24, 2.45) is 0 Å². The van der Waals surface area contributed by atoms with Gasteiger partial charge < -0.3 is 19.9 Å². The van der Waals surface area contributed by atoms with Crippen LogP contribution in [0.15, 0.2) is 42.7 Å². The Balaban J connectivity index is 0.00000141. The number of hydrogen-bond acceptors (Lipinski definition) is 5. The summed E-state index contributed by atoms with van der Waals surface area (Å²) < 4.78 is 5.47. The maximum Gasteiger partial charge on any atom is 0.410 e. The molecule has 1 amide bonds. The second-order valence-electron chi connectivity index (χ2n) is 8.57. The monoisotopic (exact) mass is 435 g/mol. The van der Waals surface area contributed by atoms with Crippen molar-refractivity contribution in [1.82, 2.24) is 19.9 Å². The first kappa shape index (κ1) is 23.3. The van der Waals surface area contributed by atoms with Gasteiger partial charge in [0.2, 0.25) is 0 Å². The van der Waals surface area contributed by atoms with E-state index in [-0.39, 0.29) is 6.09 Å². The molecule has 4 rings (SSSR count). The SMILES string of the molecule is CC.Cc1cccc(Nc2ncnc3[nH]c(C4=CCN(C(=O)OC(C)(C)C)CC4)cc23)c1. The Labute approximate surface area is 189 Å². The summed E-state index contributed by atoms with van der Waals surface area (Å²) in [6.07, 6.45) is 4.10. The highest BCUT2D eigenvalue weighted by Crippen LogP contribution is 2.29. The number of fused-ring (bicyclic) bond motifs is 1. The molecule has 1 aliphatic heterocycles. The molecule has 3 aromatic rings. The van der Waals surface area contributed by atoms with E-state index < -0.39 is 5.60 Å². The van der Waals surface area contributed by atoms with Gasteiger partial charge in [-0.15, -0.1) is 0 Å². The molecule has 0 aliphatic carbocycles. The van der Waals surface area contributed by atoms with E-state index >= 15 is 0 Å². The number of aryl methyl sites for hydroxylation is 1. The molecule has 7 nitrogen and oxygen atoms in total. The molecular formula is C25H33N5O2. The number of ether oxygens (including phenoxy) is 1. The fourth-order valence-corrected chi connectivity index (χ4v) is 3.48. The lowest BCUT2D eigenvalue weighted by Gasteiger charge is -2.29. The number of amides is 1. The standard InChI is InChI=1S/C23H27N5O2.C2H6/c1-15-6-5-7-17(12-15)26-20-18-13-19(27-21(18)25-14-24-20)16-8-10-28(11-9-16)22(29)30-23(2,3)4;1-2/h5-8,12-14H,9-11H2,1-4H3,(H2,24,25,26,27);1-2H3. The van der Waals surface area contributed by atoms with E-state index in [0.29, 0.717) is 13.1 Å². The van der Waals surface area contributed by atoms with E-state index in [1.54, 1.807) is 11.2 Å². The Kier molecular flexibility index (Phi) is 7.18. The predicted molar refractivity (Wildman–Crippen MR) is 130 cm³/mol. The van der Waals surface area contributed by atoms with Gasteiger partial charge in [0.15, 0.2) is 0 Å². The number of hydrogen-bond donors (Lipinski definition) is 2. The Bertz CT molecular complexity index is 1110. The Morgan fingerprint density at radius 2 is 1.97 bits per heavy atom. The molecule has 1 aromatic carbocycles. The van der Waals surface area contributed by atoms with Crippen molar-refractivity contribution in [3.63, 3.8) is 0 Å². The topological polar surface area (TPSA) is 83.1 Å². The van der Waals surface area contributed by atoms with Crippen LogP contribution < -0.4 is 5.32 Å². The first-order chi connectivity index (χ1) is 15.3. The first-order valence-electron chi connectivity index (χ1n) is 11.1. The number of carbonyl (C=O) groups excluding carboxylic acids is 1. The molecule has 3 heterocycles. The second kappa shape index (κ2) is 9.85. The molecule has 0 spiro atoms. The van der Waals surface area contributed by atoms with Crippen molar-refractivity contribution in [2.45, 2.75) is 53.6 Å². The predicted octanol–water partition coefficient (Wildman–Crippen LogP) is 6.06. The quantitative estimate of drug-likeness (QED) is 0.522. The molecule has 2 N–H and O–H groups in total. The van der Waals surface area contributed by atoms with Crippen LogP contribution in [0.3, 0.4) is 0 Å². The number of nitrogens with zero attached hydrogens (tertiary/aromatic N) is 3. The van der Waals surface area contributed by atoms with Crippen molar-refractivity contribution < 1.29 is 9.53 Å². The average Bonchev–Trinajstić information content (AvgIpc) is 3.20. The maximum atomic E-state index is 12.3. The molecule has 0 bridgehead atoms. The van der Waals surface area contributed by atoms with E-state index in [4.69, 9.17) is 4.74 Å². The zero-order valence-corrected chi connectivity index (χ0v) is 19.8. The van der Waals surface area contributed by atoms with Crippen LogP contribution in [0.25, 0.3) is 16.6 Å². The van der Waals surface area contributed by atoms with Gasteiger partial charge in [-0.3, -0.25) is 0 Å². The number of nitrogens with one attached hydrogen (secondary N) is 2. The number of H-pyrrole nitrogens is 1. The van der Waals surface area contributed by atoms with Gasteiger partial charge in [-0.05, 0) is 63.5 Å². The van der Waals surface area contributed by atoms with E-state index in [1.165, 1.54) is 5.56 Å². The van der Waals surface area contributed by atoms with Gasteiger partial charge in [-0.25, -0.2) is 14.8 Å². The largest absolute Gasteiger partial charge is 0.444 e. The van der Waals surface area contributed by atoms with Gasteiger partial charge in [0.25, 0.3) is 0 Å². The summed E-state index contributed by atoms with van der Waals surface area (Å²) in [7, 11) is 0. The number of rotatable bonds is 3. The lowest BCUT2D eigenvalue weighted by Crippen LogP contribution is -2.39. The molecule has 0 unspecified atom stereocenters. The van der Waals surface area contributed by atoms with Gasteiger partial charge in [-0.2, -0.15) is 0 Å². The lowest BCUT2D eigenvalue weighted by atomic mass is 10.1. The summed E-state index contributed by atoms with van der Waals surface area (Å²) in [6, 6.07) is 10.2. The molecule has 2 aromatic heterocycles. The average molecular weight is 436 g/mol. The third kappa shape index (κ3) is 5.66. The lowest BCUT2D eigenvalue weighted by molar-refractivity contribution is 0.0270. The minimum absolute atomic E-state index is 0.273. The molecule has 170 valence electrons. The maximum absolute atomic E-state index is 12.3. The van der Waals surface area contributed by atoms with Gasteiger partial charge in [0.05, 0.1) is 5.39 Å². The third-order valence-electron chi connectivity index (χ3n) is 4.91. The van der Waals surface area contributed by atoms with Crippen molar-refractivity contribution in [3.05, 3.63) is 54.0 Å². The van der Waals surface area contributed by atoms with Crippen LogP contribution in [-0.4, -0.2) is 44.6 Å². The zero-order chi connectivity index (χ0) is 23.3. The van der Waals surface area contributed by atoms with E-state index in [2.05, 4.69) is 51.5 Å². The molecule has 0 radical (unpaired) electrons. The van der Waals surface area contributed by atoms with E-state index in [0.717, 1.165) is 40.2 Å². The normalized spacial score (nSPS) is 13.8. The summed E-state index contributed by atoms with van der Waals surface area (Å²) in [6.45, 7) is 12.8. The molecule has 7 heteroatoms. The second-order valence-corrected chi connectivity index (χ2v) is 8.57. The van der Waals surface area contributed by atoms with Gasteiger partial charge >= 0.3 is 6.09 Å². The molecule has 0 saturated heterocycles. The van der Waals surface area contributed by atoms with Gasteiger partial charge in [-0.1, -0.05) is 32.1 Å². The fourth-order valence-electron chi connectivity index (χ4n) is 3.48. The van der Waals surface area contributed by atoms with Crippen LogP contribution in [0.4, 0.5) is 16.3 Å². The zero-order valence-electron chi connectivity index (χ0n) is 19.8. The highest BCUT2D eigenvalue weighted by Gasteiger charge is 2.24. The molecule has 0 atom stereocenters. The van der Waals surface area contributed by atoms with Crippen molar-refractivity contribution in [3.8, 4) is 0 Å². The summed E-state index contributed by atoms with van der Waals surface area (Å²) in [5.41, 5.74) is 4.63. The molecular weight excluding hydrogens is 402 g/mol. The summed E-state index contributed by atoms with van der Waals surface area (Å²) in [5.74, 6) is 0.764. The minimum atomic E-state index is -0.488. The van der Waals surface area contributed by atoms with Crippen LogP contribution in [0.2, 0.25) is 0 Å². The molecule has 0 saturated carbocycles. The smallest absolute Gasteiger partial charge is 0.410 e. The van der Waals surface area contributed by atoms with Crippen LogP contribution in [0.1, 0.15) is 52.3 Å². The number of carbonyl (C=O) groups is 1. The van der Waals surface area contributed by atoms with Crippen molar-refractivity contribution in [2.75, 3.05) is 18.4 Å². The van der Waals surface area contributed by atoms with Crippen LogP contribution >= 0.6 is 0 Å². The number of benzene rings is 1. The van der Waals surface area contributed by atoms with E-state index in [9.17, 15) is 4.79 Å². The number of aromatic amines is 1. The molecule has 1 aliphatic rings. The Hall–Kier alpha value is -3.35. The number of anilines is 2. The third-order valence-corrected chi connectivity index (χ3v) is 4.91. The highest BCUT2D eigenvalue weighted by molar-refractivity contribution is 5.92. The Morgan fingerprint density at radius 1 is 1.19 bits per heavy atom. The van der Waals surface area contributed by atoms with Gasteiger partial charge in [0.1, 0.15) is 23.4 Å². The van der Waals surface area contributed by atoms with Gasteiger partial charge in [0, 0.05) is 24.5 Å². The van der Waals surface area contributed by atoms with Crippen LogP contribution in [-0.2, 0) is 4.74 Å². The molecule has 32 heavy (non-hydrogen) atoms. The number of aromatic nitrogens is 3.